The van der Waals surface area contributed by atoms with Crippen molar-refractivity contribution < 1.29 is 9.53 Å². The van der Waals surface area contributed by atoms with Crippen molar-refractivity contribution in [2.45, 2.75) is 25.9 Å². The fraction of sp³-hybridized carbons (Fsp3) is 0.238. The minimum Gasteiger partial charge on any atom is -0.497 e. The van der Waals surface area contributed by atoms with Crippen LogP contribution >= 0.6 is 0 Å². The molecule has 11 heteroatoms. The van der Waals surface area contributed by atoms with Crippen molar-refractivity contribution in [3.8, 4) is 11.4 Å². The number of hydrogen-bond acceptors (Lipinski definition) is 8. The van der Waals surface area contributed by atoms with Gasteiger partial charge in [0, 0.05) is 5.69 Å². The molecule has 32 heavy (non-hydrogen) atoms. The lowest BCUT2D eigenvalue weighted by atomic mass is 10.2. The van der Waals surface area contributed by atoms with E-state index in [4.69, 9.17) is 4.74 Å². The van der Waals surface area contributed by atoms with Crippen LogP contribution in [0.25, 0.3) is 5.69 Å². The van der Waals surface area contributed by atoms with Gasteiger partial charge in [0.1, 0.15) is 17.5 Å². The van der Waals surface area contributed by atoms with E-state index in [-0.39, 0.29) is 5.91 Å². The van der Waals surface area contributed by atoms with E-state index < -0.39 is 6.04 Å². The van der Waals surface area contributed by atoms with Crippen LogP contribution in [-0.2, 0) is 11.3 Å². The van der Waals surface area contributed by atoms with Gasteiger partial charge < -0.3 is 15.4 Å². The summed E-state index contributed by atoms with van der Waals surface area (Å²) in [5, 5.41) is 26.1. The second-order valence-corrected chi connectivity index (χ2v) is 6.94. The van der Waals surface area contributed by atoms with Gasteiger partial charge in [0.15, 0.2) is 0 Å². The predicted molar refractivity (Wildman–Crippen MR) is 117 cm³/mol. The van der Waals surface area contributed by atoms with E-state index in [0.717, 1.165) is 11.4 Å². The standard InChI is InChI=1S/C21H23N9O2/c1-3-19(20(31)23-15-9-11-18(32-2)12-10-15)29-14-16(24-27-29)13-22-21-25-26-28-30(21)17-7-5-4-6-8-17/h4-12,14,19H,3,13H2,1-2H3,(H,23,31)(H,22,25,28). The van der Waals surface area contributed by atoms with Gasteiger partial charge in [-0.15, -0.1) is 5.10 Å². The summed E-state index contributed by atoms with van der Waals surface area (Å²) in [6.07, 6.45) is 2.30. The first-order chi connectivity index (χ1) is 15.7. The Morgan fingerprint density at radius 3 is 2.56 bits per heavy atom. The molecular formula is C21H23N9O2. The molecule has 4 rings (SSSR count). The van der Waals surface area contributed by atoms with Gasteiger partial charge in [-0.25, -0.2) is 4.68 Å². The number of anilines is 2. The summed E-state index contributed by atoms with van der Waals surface area (Å²) in [5.41, 5.74) is 2.18. The van der Waals surface area contributed by atoms with Crippen LogP contribution in [0, 0.1) is 0 Å². The molecule has 164 valence electrons. The Morgan fingerprint density at radius 2 is 1.84 bits per heavy atom. The maximum Gasteiger partial charge on any atom is 0.249 e. The molecule has 0 radical (unpaired) electrons. The number of tetrazole rings is 1. The van der Waals surface area contributed by atoms with Crippen molar-refractivity contribution in [2.75, 3.05) is 17.7 Å². The van der Waals surface area contributed by atoms with Gasteiger partial charge in [-0.05, 0) is 53.2 Å². The Kier molecular flexibility index (Phi) is 6.35. The van der Waals surface area contributed by atoms with Crippen LogP contribution < -0.4 is 15.4 Å². The molecule has 0 spiro atoms. The molecule has 11 nitrogen and oxygen atoms in total. The number of ether oxygens (including phenoxy) is 1. The van der Waals surface area contributed by atoms with Gasteiger partial charge in [-0.3, -0.25) is 4.79 Å². The number of rotatable bonds is 9. The quantitative estimate of drug-likeness (QED) is 0.412. The highest BCUT2D eigenvalue weighted by molar-refractivity contribution is 5.93. The molecule has 1 amide bonds. The number of nitrogens with one attached hydrogen (secondary N) is 2. The van der Waals surface area contributed by atoms with E-state index in [1.807, 2.05) is 37.3 Å². The Hall–Kier alpha value is -4.28. The van der Waals surface area contributed by atoms with E-state index in [2.05, 4.69) is 36.5 Å². The number of carbonyl (C=O) groups is 1. The summed E-state index contributed by atoms with van der Waals surface area (Å²) in [6.45, 7) is 2.27. The summed E-state index contributed by atoms with van der Waals surface area (Å²) in [4.78, 5) is 12.8. The first-order valence-electron chi connectivity index (χ1n) is 10.1. The van der Waals surface area contributed by atoms with Crippen LogP contribution in [0.3, 0.4) is 0 Å². The summed E-state index contributed by atoms with van der Waals surface area (Å²) in [7, 11) is 1.60. The molecule has 0 aliphatic heterocycles. The van der Waals surface area contributed by atoms with Crippen molar-refractivity contribution in [1.82, 2.24) is 35.2 Å². The number of aromatic nitrogens is 7. The third-order valence-corrected chi connectivity index (χ3v) is 4.82. The minimum atomic E-state index is -0.493. The zero-order valence-corrected chi connectivity index (χ0v) is 17.7. The molecule has 2 heterocycles. The van der Waals surface area contributed by atoms with Gasteiger partial charge in [-0.2, -0.15) is 4.68 Å². The molecular weight excluding hydrogens is 410 g/mol. The number of para-hydroxylation sites is 1. The Labute approximate surface area is 184 Å². The summed E-state index contributed by atoms with van der Waals surface area (Å²) in [5.74, 6) is 1.03. The molecule has 0 bridgehead atoms. The number of benzene rings is 2. The van der Waals surface area contributed by atoms with Gasteiger partial charge in [0.05, 0.1) is 25.5 Å². The lowest BCUT2D eigenvalue weighted by molar-refractivity contribution is -0.119. The lowest BCUT2D eigenvalue weighted by Crippen LogP contribution is -2.26. The molecule has 1 unspecified atom stereocenters. The summed E-state index contributed by atoms with van der Waals surface area (Å²) >= 11 is 0. The van der Waals surface area contributed by atoms with Crippen LogP contribution in [0.4, 0.5) is 11.6 Å². The minimum absolute atomic E-state index is 0.171. The highest BCUT2D eigenvalue weighted by Gasteiger charge is 2.20. The smallest absolute Gasteiger partial charge is 0.249 e. The normalized spacial score (nSPS) is 11.7. The van der Waals surface area contributed by atoms with Crippen molar-refractivity contribution in [3.63, 3.8) is 0 Å². The maximum absolute atomic E-state index is 12.8. The molecule has 0 fully saturated rings. The van der Waals surface area contributed by atoms with E-state index >= 15 is 0 Å². The third kappa shape index (κ3) is 4.72. The van der Waals surface area contributed by atoms with Crippen LogP contribution in [0.1, 0.15) is 25.1 Å². The largest absolute Gasteiger partial charge is 0.497 e. The van der Waals surface area contributed by atoms with Crippen LogP contribution in [0.2, 0.25) is 0 Å². The Morgan fingerprint density at radius 1 is 1.06 bits per heavy atom. The number of methoxy groups -OCH3 is 1. The van der Waals surface area contributed by atoms with Crippen molar-refractivity contribution in [3.05, 3.63) is 66.5 Å². The molecule has 0 saturated heterocycles. The molecule has 4 aromatic rings. The zero-order valence-electron chi connectivity index (χ0n) is 17.7. The highest BCUT2D eigenvalue weighted by Crippen LogP contribution is 2.18. The van der Waals surface area contributed by atoms with Crippen molar-refractivity contribution in [1.29, 1.82) is 0 Å². The number of hydrogen-bond donors (Lipinski definition) is 2. The lowest BCUT2D eigenvalue weighted by Gasteiger charge is -2.15. The fourth-order valence-electron chi connectivity index (χ4n) is 3.15. The fourth-order valence-corrected chi connectivity index (χ4v) is 3.15. The monoisotopic (exact) mass is 433 g/mol. The molecule has 0 saturated carbocycles. The molecule has 2 aromatic carbocycles. The average molecular weight is 433 g/mol. The Bertz CT molecular complexity index is 1160. The highest BCUT2D eigenvalue weighted by atomic mass is 16.5. The molecule has 2 aromatic heterocycles. The van der Waals surface area contributed by atoms with Gasteiger partial charge in [0.2, 0.25) is 11.9 Å². The number of nitrogens with zero attached hydrogens (tertiary/aromatic N) is 7. The van der Waals surface area contributed by atoms with Crippen molar-refractivity contribution >= 4 is 17.5 Å². The molecule has 1 atom stereocenters. The maximum atomic E-state index is 12.8. The van der Waals surface area contributed by atoms with Crippen LogP contribution in [0.5, 0.6) is 5.75 Å². The topological polar surface area (TPSA) is 125 Å². The molecule has 0 aliphatic carbocycles. The molecule has 0 aliphatic rings. The summed E-state index contributed by atoms with van der Waals surface area (Å²) < 4.78 is 8.31. The van der Waals surface area contributed by atoms with E-state index in [1.165, 1.54) is 0 Å². The third-order valence-electron chi connectivity index (χ3n) is 4.82. The first-order valence-corrected chi connectivity index (χ1v) is 10.1. The van der Waals surface area contributed by atoms with Gasteiger partial charge >= 0.3 is 0 Å². The van der Waals surface area contributed by atoms with E-state index in [0.29, 0.717) is 30.3 Å². The summed E-state index contributed by atoms with van der Waals surface area (Å²) in [6, 6.07) is 16.2. The van der Waals surface area contributed by atoms with E-state index in [9.17, 15) is 4.79 Å². The molecule has 2 N–H and O–H groups in total. The SMILES string of the molecule is CCC(C(=O)Nc1ccc(OC)cc1)n1cc(CNc2nnnn2-c2ccccc2)nn1. The second-order valence-electron chi connectivity index (χ2n) is 6.94. The van der Waals surface area contributed by atoms with Crippen molar-refractivity contribution in [2.24, 2.45) is 0 Å². The average Bonchev–Trinajstić information content (AvgIpc) is 3.49. The number of carbonyl (C=O) groups excluding carboxylic acids is 1. The van der Waals surface area contributed by atoms with Gasteiger partial charge in [-0.1, -0.05) is 35.4 Å². The van der Waals surface area contributed by atoms with Gasteiger partial charge in [0.25, 0.3) is 0 Å². The van der Waals surface area contributed by atoms with E-state index in [1.54, 1.807) is 46.9 Å². The first kappa shape index (κ1) is 21.0. The van der Waals surface area contributed by atoms with Crippen LogP contribution in [-0.4, -0.2) is 48.2 Å². The van der Waals surface area contributed by atoms with Crippen LogP contribution in [0.15, 0.2) is 60.8 Å². The predicted octanol–water partition coefficient (Wildman–Crippen LogP) is 2.46. The zero-order chi connectivity index (χ0) is 22.3. The number of amides is 1. The second kappa shape index (κ2) is 9.69. The Balaban J connectivity index is 1.40.